The molecule has 2 atom stereocenters. The number of nitrogens with zero attached hydrogens (tertiary/aromatic N) is 1. The normalized spacial score (nSPS) is 21.3. The topological polar surface area (TPSA) is 54.9 Å². The Morgan fingerprint density at radius 2 is 2.10 bits per heavy atom. The van der Waals surface area contributed by atoms with E-state index in [1.807, 2.05) is 18.2 Å². The average Bonchev–Trinajstić information content (AvgIpc) is 3.17. The Hall–Kier alpha value is -1.91. The van der Waals surface area contributed by atoms with E-state index in [-0.39, 0.29) is 0 Å². The van der Waals surface area contributed by atoms with Gasteiger partial charge in [0.05, 0.1) is 14.2 Å². The number of hydrogen-bond acceptors (Lipinski definition) is 3. The van der Waals surface area contributed by atoms with Crippen molar-refractivity contribution in [1.82, 2.24) is 10.6 Å². The first kappa shape index (κ1) is 14.5. The molecule has 2 N–H and O–H groups in total. The van der Waals surface area contributed by atoms with Gasteiger partial charge in [-0.2, -0.15) is 0 Å². The molecular weight excluding hydrogens is 254 g/mol. The molecule has 20 heavy (non-hydrogen) atoms. The van der Waals surface area contributed by atoms with Crippen molar-refractivity contribution in [3.8, 4) is 11.5 Å². The summed E-state index contributed by atoms with van der Waals surface area (Å²) in [5, 5.41) is 6.70. The van der Waals surface area contributed by atoms with Gasteiger partial charge < -0.3 is 20.1 Å². The maximum atomic E-state index is 5.42. The summed E-state index contributed by atoms with van der Waals surface area (Å²) in [6.07, 6.45) is 1.21. The number of ether oxygens (including phenoxy) is 2. The second kappa shape index (κ2) is 6.50. The zero-order valence-electron chi connectivity index (χ0n) is 12.6. The van der Waals surface area contributed by atoms with Crippen molar-refractivity contribution in [1.29, 1.82) is 0 Å². The highest BCUT2D eigenvalue weighted by molar-refractivity contribution is 5.80. The van der Waals surface area contributed by atoms with E-state index in [0.29, 0.717) is 12.6 Å². The summed E-state index contributed by atoms with van der Waals surface area (Å²) in [5.74, 6) is 3.06. The summed E-state index contributed by atoms with van der Waals surface area (Å²) in [5.41, 5.74) is 1.04. The molecule has 0 aromatic heterocycles. The molecule has 1 saturated carbocycles. The monoisotopic (exact) mass is 277 g/mol. The molecule has 1 aliphatic rings. The number of aliphatic imine (C=N–C) groups is 1. The standard InChI is InChI=1S/C15H23N3O2/c1-10-8-12(10)18-15(16-2)17-9-11-6-5-7-13(19-3)14(11)20-4/h5-7,10,12H,8-9H2,1-4H3,(H2,16,17,18). The third kappa shape index (κ3) is 3.35. The van der Waals surface area contributed by atoms with Crippen LogP contribution in [0.1, 0.15) is 18.9 Å². The molecule has 0 aliphatic heterocycles. The largest absolute Gasteiger partial charge is 0.493 e. The van der Waals surface area contributed by atoms with Crippen molar-refractivity contribution in [3.63, 3.8) is 0 Å². The summed E-state index contributed by atoms with van der Waals surface area (Å²) in [6.45, 7) is 2.87. The lowest BCUT2D eigenvalue weighted by Crippen LogP contribution is -2.38. The first-order valence-corrected chi connectivity index (χ1v) is 6.86. The van der Waals surface area contributed by atoms with Crippen LogP contribution in [0.3, 0.4) is 0 Å². The number of rotatable bonds is 5. The Morgan fingerprint density at radius 1 is 1.35 bits per heavy atom. The van der Waals surface area contributed by atoms with Crippen molar-refractivity contribution >= 4 is 5.96 Å². The zero-order valence-corrected chi connectivity index (χ0v) is 12.6. The Morgan fingerprint density at radius 3 is 2.65 bits per heavy atom. The second-order valence-corrected chi connectivity index (χ2v) is 5.04. The van der Waals surface area contributed by atoms with Gasteiger partial charge in [0.25, 0.3) is 0 Å². The molecule has 2 rings (SSSR count). The van der Waals surface area contributed by atoms with Crippen molar-refractivity contribution in [2.45, 2.75) is 25.9 Å². The molecule has 0 heterocycles. The van der Waals surface area contributed by atoms with Crippen LogP contribution in [0.15, 0.2) is 23.2 Å². The van der Waals surface area contributed by atoms with Gasteiger partial charge in [0.2, 0.25) is 0 Å². The molecule has 0 radical (unpaired) electrons. The SMILES string of the molecule is CN=C(NCc1cccc(OC)c1OC)NC1CC1C. The molecule has 1 fully saturated rings. The van der Waals surface area contributed by atoms with Crippen molar-refractivity contribution in [3.05, 3.63) is 23.8 Å². The van der Waals surface area contributed by atoms with E-state index in [1.165, 1.54) is 6.42 Å². The molecule has 1 aromatic carbocycles. The summed E-state index contributed by atoms with van der Waals surface area (Å²) < 4.78 is 10.7. The molecule has 5 heteroatoms. The number of nitrogens with one attached hydrogen (secondary N) is 2. The van der Waals surface area contributed by atoms with Crippen molar-refractivity contribution in [2.75, 3.05) is 21.3 Å². The van der Waals surface area contributed by atoms with Crippen LogP contribution < -0.4 is 20.1 Å². The van der Waals surface area contributed by atoms with Crippen molar-refractivity contribution in [2.24, 2.45) is 10.9 Å². The van der Waals surface area contributed by atoms with E-state index < -0.39 is 0 Å². The van der Waals surface area contributed by atoms with Crippen LogP contribution in [0, 0.1) is 5.92 Å². The fourth-order valence-corrected chi connectivity index (χ4v) is 2.17. The van der Waals surface area contributed by atoms with E-state index in [9.17, 15) is 0 Å². The van der Waals surface area contributed by atoms with Gasteiger partial charge >= 0.3 is 0 Å². The van der Waals surface area contributed by atoms with Gasteiger partial charge in [-0.05, 0) is 18.4 Å². The van der Waals surface area contributed by atoms with Crippen molar-refractivity contribution < 1.29 is 9.47 Å². The molecule has 110 valence electrons. The Kier molecular flexibility index (Phi) is 4.71. The van der Waals surface area contributed by atoms with Gasteiger partial charge in [0.1, 0.15) is 0 Å². The van der Waals surface area contributed by atoms with Gasteiger partial charge in [-0.25, -0.2) is 0 Å². The van der Waals surface area contributed by atoms with E-state index in [1.54, 1.807) is 21.3 Å². The van der Waals surface area contributed by atoms with Gasteiger partial charge in [0.15, 0.2) is 17.5 Å². The lowest BCUT2D eigenvalue weighted by Gasteiger charge is -2.15. The molecule has 1 aliphatic carbocycles. The molecule has 0 spiro atoms. The molecule has 0 saturated heterocycles. The average molecular weight is 277 g/mol. The minimum Gasteiger partial charge on any atom is -0.493 e. The zero-order chi connectivity index (χ0) is 14.5. The summed E-state index contributed by atoms with van der Waals surface area (Å²) >= 11 is 0. The first-order chi connectivity index (χ1) is 9.69. The van der Waals surface area contributed by atoms with Crippen LogP contribution in [-0.2, 0) is 6.54 Å². The number of methoxy groups -OCH3 is 2. The van der Waals surface area contributed by atoms with Crippen LogP contribution in [-0.4, -0.2) is 33.3 Å². The lowest BCUT2D eigenvalue weighted by atomic mass is 10.2. The maximum Gasteiger partial charge on any atom is 0.191 e. The minimum absolute atomic E-state index is 0.549. The first-order valence-electron chi connectivity index (χ1n) is 6.86. The lowest BCUT2D eigenvalue weighted by molar-refractivity contribution is 0.351. The Labute approximate surface area is 120 Å². The highest BCUT2D eigenvalue weighted by atomic mass is 16.5. The summed E-state index contributed by atoms with van der Waals surface area (Å²) in [7, 11) is 5.08. The number of hydrogen-bond donors (Lipinski definition) is 2. The predicted molar refractivity (Wildman–Crippen MR) is 80.4 cm³/mol. The molecule has 1 aromatic rings. The van der Waals surface area contributed by atoms with Crippen LogP contribution in [0.5, 0.6) is 11.5 Å². The fourth-order valence-electron chi connectivity index (χ4n) is 2.17. The second-order valence-electron chi connectivity index (χ2n) is 5.04. The Bertz CT molecular complexity index is 488. The van der Waals surface area contributed by atoms with E-state index >= 15 is 0 Å². The summed E-state index contributed by atoms with van der Waals surface area (Å²) in [4.78, 5) is 4.24. The third-order valence-electron chi connectivity index (χ3n) is 3.59. The Balaban J connectivity index is 1.99. The quantitative estimate of drug-likeness (QED) is 0.636. The van der Waals surface area contributed by atoms with Crippen LogP contribution in [0.2, 0.25) is 0 Å². The van der Waals surface area contributed by atoms with E-state index in [2.05, 4.69) is 22.5 Å². The third-order valence-corrected chi connectivity index (χ3v) is 3.59. The van der Waals surface area contributed by atoms with E-state index in [0.717, 1.165) is 28.9 Å². The predicted octanol–water partition coefficient (Wildman–Crippen LogP) is 1.78. The van der Waals surface area contributed by atoms with Gasteiger partial charge in [-0.3, -0.25) is 4.99 Å². The molecular formula is C15H23N3O2. The molecule has 2 unspecified atom stereocenters. The fraction of sp³-hybridized carbons (Fsp3) is 0.533. The van der Waals surface area contributed by atoms with Gasteiger partial charge in [0, 0.05) is 25.2 Å². The van der Waals surface area contributed by atoms with Gasteiger partial charge in [-0.15, -0.1) is 0 Å². The van der Waals surface area contributed by atoms with Crippen LogP contribution in [0.4, 0.5) is 0 Å². The number of benzene rings is 1. The smallest absolute Gasteiger partial charge is 0.191 e. The maximum absolute atomic E-state index is 5.42. The number of para-hydroxylation sites is 1. The van der Waals surface area contributed by atoms with E-state index in [4.69, 9.17) is 9.47 Å². The van der Waals surface area contributed by atoms with Crippen LogP contribution >= 0.6 is 0 Å². The highest BCUT2D eigenvalue weighted by Crippen LogP contribution is 2.31. The highest BCUT2D eigenvalue weighted by Gasteiger charge is 2.33. The van der Waals surface area contributed by atoms with Gasteiger partial charge in [-0.1, -0.05) is 19.1 Å². The molecule has 0 amide bonds. The number of guanidine groups is 1. The molecule has 5 nitrogen and oxygen atoms in total. The molecule has 0 bridgehead atoms. The van der Waals surface area contributed by atoms with Crippen LogP contribution in [0.25, 0.3) is 0 Å². The minimum atomic E-state index is 0.549. The summed E-state index contributed by atoms with van der Waals surface area (Å²) in [6, 6.07) is 6.41.